The molecule has 0 radical (unpaired) electrons. The van der Waals surface area contributed by atoms with E-state index in [1.165, 1.54) is 7.11 Å². The first kappa shape index (κ1) is 8.76. The van der Waals surface area contributed by atoms with E-state index in [9.17, 15) is 4.79 Å². The summed E-state index contributed by atoms with van der Waals surface area (Å²) in [5.41, 5.74) is 2.10. The maximum atomic E-state index is 11.4. The predicted molar refractivity (Wildman–Crippen MR) is 50.4 cm³/mol. The van der Waals surface area contributed by atoms with E-state index in [-0.39, 0.29) is 5.78 Å². The fourth-order valence-electron chi connectivity index (χ4n) is 1.83. The molecule has 0 fully saturated rings. The van der Waals surface area contributed by atoms with Crippen molar-refractivity contribution < 1.29 is 9.53 Å². The van der Waals surface area contributed by atoms with E-state index in [0.29, 0.717) is 29.7 Å². The first-order valence-corrected chi connectivity index (χ1v) is 4.41. The second-order valence-corrected chi connectivity index (χ2v) is 3.21. The molecule has 1 aliphatic carbocycles. The molecule has 1 aliphatic rings. The van der Waals surface area contributed by atoms with E-state index in [4.69, 9.17) is 10.00 Å². The number of methoxy groups -OCH3 is 1. The second kappa shape index (κ2) is 3.15. The summed E-state index contributed by atoms with van der Waals surface area (Å²) in [7, 11) is 1.53. The smallest absolute Gasteiger partial charge is 0.163 e. The summed E-state index contributed by atoms with van der Waals surface area (Å²) in [6, 6.07) is 5.41. The Balaban J connectivity index is 2.67. The van der Waals surface area contributed by atoms with Gasteiger partial charge in [-0.1, -0.05) is 0 Å². The molecule has 3 heteroatoms. The lowest BCUT2D eigenvalue weighted by atomic mass is 10.0. The van der Waals surface area contributed by atoms with Crippen molar-refractivity contribution in [1.82, 2.24) is 0 Å². The second-order valence-electron chi connectivity index (χ2n) is 3.21. The van der Waals surface area contributed by atoms with E-state index in [1.807, 2.05) is 0 Å². The Morgan fingerprint density at radius 3 is 2.86 bits per heavy atom. The van der Waals surface area contributed by atoms with Gasteiger partial charge in [-0.05, 0) is 18.6 Å². The van der Waals surface area contributed by atoms with Gasteiger partial charge in [-0.15, -0.1) is 0 Å². The molecule has 1 aromatic carbocycles. The monoisotopic (exact) mass is 187 g/mol. The first-order chi connectivity index (χ1) is 6.77. The molecule has 0 heterocycles. The highest BCUT2D eigenvalue weighted by Crippen LogP contribution is 2.33. The highest BCUT2D eigenvalue weighted by molar-refractivity contribution is 6.01. The molecule has 0 unspecified atom stereocenters. The molecule has 0 atom stereocenters. The molecule has 0 saturated carbocycles. The molecule has 1 aromatic rings. The molecule has 14 heavy (non-hydrogen) atoms. The normalized spacial score (nSPS) is 13.6. The fourth-order valence-corrected chi connectivity index (χ4v) is 1.83. The topological polar surface area (TPSA) is 50.1 Å². The first-order valence-electron chi connectivity index (χ1n) is 4.41. The minimum absolute atomic E-state index is 0.141. The highest BCUT2D eigenvalue weighted by Gasteiger charge is 2.24. The molecule has 0 aliphatic heterocycles. The number of nitrogens with zero attached hydrogens (tertiary/aromatic N) is 1. The Bertz CT molecular complexity index is 443. The van der Waals surface area contributed by atoms with Crippen molar-refractivity contribution in [2.24, 2.45) is 0 Å². The van der Waals surface area contributed by atoms with Crippen LogP contribution in [-0.2, 0) is 6.42 Å². The number of ether oxygens (including phenoxy) is 1. The number of benzene rings is 1. The number of Topliss-reactive ketones (excluding diaryl/α,β-unsaturated/α-hetero) is 1. The molecule has 0 saturated heterocycles. The van der Waals surface area contributed by atoms with Crippen molar-refractivity contribution in [3.05, 3.63) is 28.8 Å². The van der Waals surface area contributed by atoms with Crippen LogP contribution in [0.4, 0.5) is 0 Å². The summed E-state index contributed by atoms with van der Waals surface area (Å²) < 4.78 is 5.15. The van der Waals surface area contributed by atoms with Gasteiger partial charge in [0.2, 0.25) is 0 Å². The number of rotatable bonds is 1. The zero-order valence-electron chi connectivity index (χ0n) is 7.83. The summed E-state index contributed by atoms with van der Waals surface area (Å²) in [6.07, 6.45) is 1.22. The number of ketones is 1. The fraction of sp³-hybridized carbons (Fsp3) is 0.273. The molecule has 0 N–H and O–H groups in total. The molecule has 0 bridgehead atoms. The van der Waals surface area contributed by atoms with Gasteiger partial charge in [0, 0.05) is 17.5 Å². The maximum Gasteiger partial charge on any atom is 0.163 e. The molecule has 0 spiro atoms. The standard InChI is InChI=1S/C11H9NO2/c1-14-11-7(6-12)2-3-8-9(11)4-5-10(8)13/h2-3H,4-5H2,1H3. The average molecular weight is 187 g/mol. The van der Waals surface area contributed by atoms with Crippen molar-refractivity contribution in [3.8, 4) is 11.8 Å². The van der Waals surface area contributed by atoms with Crippen molar-refractivity contribution in [1.29, 1.82) is 5.26 Å². The lowest BCUT2D eigenvalue weighted by Gasteiger charge is -2.07. The summed E-state index contributed by atoms with van der Waals surface area (Å²) in [6.45, 7) is 0. The minimum atomic E-state index is 0.141. The Labute approximate surface area is 81.9 Å². The van der Waals surface area contributed by atoms with E-state index >= 15 is 0 Å². The molecular formula is C11H9NO2. The summed E-state index contributed by atoms with van der Waals surface area (Å²) in [5.74, 6) is 0.707. The van der Waals surface area contributed by atoms with Gasteiger partial charge in [0.05, 0.1) is 12.7 Å². The largest absolute Gasteiger partial charge is 0.495 e. The van der Waals surface area contributed by atoms with Crippen LogP contribution in [0.15, 0.2) is 12.1 Å². The van der Waals surface area contributed by atoms with Gasteiger partial charge in [0.1, 0.15) is 11.8 Å². The van der Waals surface area contributed by atoms with Crippen LogP contribution in [0.5, 0.6) is 5.75 Å². The van der Waals surface area contributed by atoms with Crippen LogP contribution >= 0.6 is 0 Å². The van der Waals surface area contributed by atoms with Crippen LogP contribution in [0, 0.1) is 11.3 Å². The number of hydrogen-bond acceptors (Lipinski definition) is 3. The molecule has 0 aromatic heterocycles. The number of hydrogen-bond donors (Lipinski definition) is 0. The van der Waals surface area contributed by atoms with Crippen LogP contribution in [-0.4, -0.2) is 12.9 Å². The van der Waals surface area contributed by atoms with Gasteiger partial charge in [0.15, 0.2) is 5.78 Å². The van der Waals surface area contributed by atoms with Crippen LogP contribution in [0.25, 0.3) is 0 Å². The van der Waals surface area contributed by atoms with E-state index in [2.05, 4.69) is 6.07 Å². The van der Waals surface area contributed by atoms with Gasteiger partial charge in [-0.25, -0.2) is 0 Å². The van der Waals surface area contributed by atoms with Crippen molar-refractivity contribution in [3.63, 3.8) is 0 Å². The van der Waals surface area contributed by atoms with Gasteiger partial charge in [-0.3, -0.25) is 4.79 Å². The Kier molecular flexibility index (Phi) is 1.97. The van der Waals surface area contributed by atoms with Gasteiger partial charge in [0.25, 0.3) is 0 Å². The Morgan fingerprint density at radius 1 is 1.43 bits per heavy atom. The maximum absolute atomic E-state index is 11.4. The minimum Gasteiger partial charge on any atom is -0.495 e. The van der Waals surface area contributed by atoms with Crippen molar-refractivity contribution >= 4 is 5.78 Å². The van der Waals surface area contributed by atoms with Gasteiger partial charge < -0.3 is 4.74 Å². The lowest BCUT2D eigenvalue weighted by molar-refractivity contribution is 0.0994. The number of fused-ring (bicyclic) bond motifs is 1. The summed E-state index contributed by atoms with van der Waals surface area (Å²) >= 11 is 0. The predicted octanol–water partition coefficient (Wildman–Crippen LogP) is 1.70. The van der Waals surface area contributed by atoms with Crippen LogP contribution in [0.3, 0.4) is 0 Å². The van der Waals surface area contributed by atoms with Gasteiger partial charge in [-0.2, -0.15) is 5.26 Å². The molecule has 2 rings (SSSR count). The summed E-state index contributed by atoms with van der Waals surface area (Å²) in [5, 5.41) is 8.83. The number of nitriles is 1. The quantitative estimate of drug-likeness (QED) is 0.672. The van der Waals surface area contributed by atoms with E-state index in [0.717, 1.165) is 5.56 Å². The lowest BCUT2D eigenvalue weighted by Crippen LogP contribution is -1.96. The third-order valence-corrected chi connectivity index (χ3v) is 2.49. The summed E-state index contributed by atoms with van der Waals surface area (Å²) in [4.78, 5) is 11.4. The van der Waals surface area contributed by atoms with Crippen LogP contribution in [0.1, 0.15) is 27.9 Å². The van der Waals surface area contributed by atoms with Crippen molar-refractivity contribution in [2.45, 2.75) is 12.8 Å². The van der Waals surface area contributed by atoms with Crippen molar-refractivity contribution in [2.75, 3.05) is 7.11 Å². The Hall–Kier alpha value is -1.82. The van der Waals surface area contributed by atoms with E-state index in [1.54, 1.807) is 12.1 Å². The van der Waals surface area contributed by atoms with Crippen LogP contribution < -0.4 is 4.74 Å². The zero-order chi connectivity index (χ0) is 10.1. The highest BCUT2D eigenvalue weighted by atomic mass is 16.5. The third-order valence-electron chi connectivity index (χ3n) is 2.49. The number of carbonyl (C=O) groups is 1. The average Bonchev–Trinajstić information content (AvgIpc) is 2.59. The SMILES string of the molecule is COc1c(C#N)ccc2c1CCC2=O. The Morgan fingerprint density at radius 2 is 2.21 bits per heavy atom. The number of carbonyl (C=O) groups excluding carboxylic acids is 1. The van der Waals surface area contributed by atoms with Gasteiger partial charge >= 0.3 is 0 Å². The third kappa shape index (κ3) is 1.08. The molecule has 70 valence electrons. The molecular weight excluding hydrogens is 178 g/mol. The molecule has 0 amide bonds. The zero-order valence-corrected chi connectivity index (χ0v) is 7.83. The van der Waals surface area contributed by atoms with Crippen LogP contribution in [0.2, 0.25) is 0 Å². The molecule has 3 nitrogen and oxygen atoms in total. The van der Waals surface area contributed by atoms with E-state index < -0.39 is 0 Å².